The van der Waals surface area contributed by atoms with Gasteiger partial charge in [-0.25, -0.2) is 4.79 Å². The Labute approximate surface area is 138 Å². The standard InChI is InChI=1S/C17H16N4O3/c1-13-6-8-14(9-7-13)23-10-11-24-17(22)15-4-2-3-5-16(15)21-12-18-19-20-21/h2-9,12H,10-11H2,1H3. The van der Waals surface area contributed by atoms with Gasteiger partial charge in [0.05, 0.1) is 11.3 Å². The van der Waals surface area contributed by atoms with Gasteiger partial charge < -0.3 is 9.47 Å². The molecule has 7 nitrogen and oxygen atoms in total. The number of rotatable bonds is 6. The van der Waals surface area contributed by atoms with E-state index in [2.05, 4.69) is 15.5 Å². The summed E-state index contributed by atoms with van der Waals surface area (Å²) in [6.07, 6.45) is 1.42. The van der Waals surface area contributed by atoms with Crippen molar-refractivity contribution in [1.82, 2.24) is 20.2 Å². The number of carbonyl (C=O) groups excluding carboxylic acids is 1. The maximum Gasteiger partial charge on any atom is 0.340 e. The fourth-order valence-corrected chi connectivity index (χ4v) is 2.12. The number of tetrazole rings is 1. The zero-order valence-corrected chi connectivity index (χ0v) is 13.1. The molecule has 0 aliphatic rings. The second-order valence-electron chi connectivity index (χ2n) is 5.07. The number of hydrogen-bond donors (Lipinski definition) is 0. The summed E-state index contributed by atoms with van der Waals surface area (Å²) in [6.45, 7) is 2.44. The molecule has 2 aromatic carbocycles. The van der Waals surface area contributed by atoms with Crippen molar-refractivity contribution in [2.75, 3.05) is 13.2 Å². The van der Waals surface area contributed by atoms with E-state index in [0.717, 1.165) is 11.3 Å². The highest BCUT2D eigenvalue weighted by molar-refractivity contribution is 5.93. The van der Waals surface area contributed by atoms with Crippen molar-refractivity contribution >= 4 is 5.97 Å². The number of aryl methyl sites for hydroxylation is 1. The van der Waals surface area contributed by atoms with Crippen LogP contribution in [0.5, 0.6) is 5.75 Å². The lowest BCUT2D eigenvalue weighted by Gasteiger charge is -2.10. The maximum atomic E-state index is 12.3. The molecule has 0 unspecified atom stereocenters. The largest absolute Gasteiger partial charge is 0.490 e. The third kappa shape index (κ3) is 3.75. The lowest BCUT2D eigenvalue weighted by Crippen LogP contribution is -2.14. The second kappa shape index (κ2) is 7.36. The third-order valence-electron chi connectivity index (χ3n) is 3.33. The van der Waals surface area contributed by atoms with Crippen molar-refractivity contribution in [2.45, 2.75) is 6.92 Å². The summed E-state index contributed by atoms with van der Waals surface area (Å²) in [7, 11) is 0. The van der Waals surface area contributed by atoms with E-state index in [4.69, 9.17) is 9.47 Å². The number of aromatic nitrogens is 4. The molecular formula is C17H16N4O3. The molecule has 0 amide bonds. The summed E-state index contributed by atoms with van der Waals surface area (Å²) in [5.41, 5.74) is 2.11. The lowest BCUT2D eigenvalue weighted by atomic mass is 10.2. The van der Waals surface area contributed by atoms with E-state index in [1.54, 1.807) is 24.3 Å². The van der Waals surface area contributed by atoms with Crippen LogP contribution >= 0.6 is 0 Å². The van der Waals surface area contributed by atoms with E-state index < -0.39 is 5.97 Å². The number of carbonyl (C=O) groups is 1. The molecule has 1 heterocycles. The highest BCUT2D eigenvalue weighted by atomic mass is 16.6. The van der Waals surface area contributed by atoms with Gasteiger partial charge in [0.15, 0.2) is 0 Å². The molecule has 3 aromatic rings. The molecule has 7 heteroatoms. The molecule has 122 valence electrons. The highest BCUT2D eigenvalue weighted by Gasteiger charge is 2.14. The van der Waals surface area contributed by atoms with E-state index in [-0.39, 0.29) is 13.2 Å². The first-order valence-corrected chi connectivity index (χ1v) is 7.43. The van der Waals surface area contributed by atoms with Gasteiger partial charge in [0.2, 0.25) is 0 Å². The first kappa shape index (κ1) is 15.7. The van der Waals surface area contributed by atoms with Gasteiger partial charge in [-0.1, -0.05) is 29.8 Å². The number of para-hydroxylation sites is 1. The number of esters is 1. The molecule has 24 heavy (non-hydrogen) atoms. The molecule has 0 spiro atoms. The quantitative estimate of drug-likeness (QED) is 0.511. The van der Waals surface area contributed by atoms with Crippen LogP contribution in [-0.4, -0.2) is 39.4 Å². The normalized spacial score (nSPS) is 10.4. The smallest absolute Gasteiger partial charge is 0.340 e. The van der Waals surface area contributed by atoms with Crippen LogP contribution in [0.3, 0.4) is 0 Å². The van der Waals surface area contributed by atoms with Crippen LogP contribution in [0.2, 0.25) is 0 Å². The summed E-state index contributed by atoms with van der Waals surface area (Å²) in [4.78, 5) is 12.3. The van der Waals surface area contributed by atoms with Gasteiger partial charge in [0.25, 0.3) is 0 Å². The predicted molar refractivity (Wildman–Crippen MR) is 86.1 cm³/mol. The van der Waals surface area contributed by atoms with Gasteiger partial charge in [-0.2, -0.15) is 4.68 Å². The molecule has 0 N–H and O–H groups in total. The molecule has 0 fully saturated rings. The average Bonchev–Trinajstić information content (AvgIpc) is 3.14. The highest BCUT2D eigenvalue weighted by Crippen LogP contribution is 2.14. The molecule has 0 saturated carbocycles. The van der Waals surface area contributed by atoms with E-state index in [9.17, 15) is 4.79 Å². The van der Waals surface area contributed by atoms with Crippen LogP contribution in [-0.2, 0) is 4.74 Å². The van der Waals surface area contributed by atoms with Crippen LogP contribution < -0.4 is 4.74 Å². The molecule has 0 aliphatic carbocycles. The van der Waals surface area contributed by atoms with Crippen molar-refractivity contribution < 1.29 is 14.3 Å². The Hall–Kier alpha value is -3.22. The number of ether oxygens (including phenoxy) is 2. The second-order valence-corrected chi connectivity index (χ2v) is 5.07. The minimum Gasteiger partial charge on any atom is -0.490 e. The van der Waals surface area contributed by atoms with Gasteiger partial charge in [-0.3, -0.25) is 0 Å². The molecule has 1 aromatic heterocycles. The first-order valence-electron chi connectivity index (χ1n) is 7.43. The Kier molecular flexibility index (Phi) is 4.81. The minimum atomic E-state index is -0.450. The van der Waals surface area contributed by atoms with E-state index in [1.165, 1.54) is 11.0 Å². The lowest BCUT2D eigenvalue weighted by molar-refractivity contribution is 0.0450. The van der Waals surface area contributed by atoms with Crippen LogP contribution in [0.15, 0.2) is 54.9 Å². The molecule has 0 saturated heterocycles. The zero-order valence-electron chi connectivity index (χ0n) is 13.1. The van der Waals surface area contributed by atoms with Crippen molar-refractivity contribution in [3.8, 4) is 11.4 Å². The SMILES string of the molecule is Cc1ccc(OCCOC(=O)c2ccccc2-n2cnnn2)cc1. The maximum absolute atomic E-state index is 12.3. The summed E-state index contributed by atoms with van der Waals surface area (Å²) >= 11 is 0. The summed E-state index contributed by atoms with van der Waals surface area (Å²) in [6, 6.07) is 14.7. The van der Waals surface area contributed by atoms with Crippen LogP contribution in [0, 0.1) is 6.92 Å². The van der Waals surface area contributed by atoms with Crippen LogP contribution in [0.4, 0.5) is 0 Å². The van der Waals surface area contributed by atoms with Crippen molar-refractivity contribution in [3.05, 3.63) is 66.0 Å². The third-order valence-corrected chi connectivity index (χ3v) is 3.33. The van der Waals surface area contributed by atoms with E-state index in [0.29, 0.717) is 11.3 Å². The Morgan fingerprint density at radius 3 is 2.62 bits per heavy atom. The van der Waals surface area contributed by atoms with E-state index >= 15 is 0 Å². The van der Waals surface area contributed by atoms with Gasteiger partial charge in [0.1, 0.15) is 25.3 Å². The Morgan fingerprint density at radius 1 is 1.08 bits per heavy atom. The zero-order chi connectivity index (χ0) is 16.8. The predicted octanol–water partition coefficient (Wildman–Crippen LogP) is 2.21. The van der Waals surface area contributed by atoms with Gasteiger partial charge in [-0.15, -0.1) is 5.10 Å². The van der Waals surface area contributed by atoms with Gasteiger partial charge in [-0.05, 0) is 41.6 Å². The molecule has 3 rings (SSSR count). The first-order chi connectivity index (χ1) is 11.7. The number of benzene rings is 2. The van der Waals surface area contributed by atoms with Crippen molar-refractivity contribution in [3.63, 3.8) is 0 Å². The Balaban J connectivity index is 1.57. The van der Waals surface area contributed by atoms with E-state index in [1.807, 2.05) is 31.2 Å². The molecule has 0 atom stereocenters. The van der Waals surface area contributed by atoms with Crippen molar-refractivity contribution in [1.29, 1.82) is 0 Å². The summed E-state index contributed by atoms with van der Waals surface area (Å²) < 4.78 is 12.2. The summed E-state index contributed by atoms with van der Waals surface area (Å²) in [5, 5.41) is 10.9. The minimum absolute atomic E-state index is 0.149. The molecule has 0 radical (unpaired) electrons. The summed E-state index contributed by atoms with van der Waals surface area (Å²) in [5.74, 6) is 0.291. The van der Waals surface area contributed by atoms with Crippen molar-refractivity contribution in [2.24, 2.45) is 0 Å². The monoisotopic (exact) mass is 324 g/mol. The van der Waals surface area contributed by atoms with Gasteiger partial charge >= 0.3 is 5.97 Å². The topological polar surface area (TPSA) is 79.1 Å². The average molecular weight is 324 g/mol. The Bertz CT molecular complexity index is 801. The number of hydrogen-bond acceptors (Lipinski definition) is 6. The van der Waals surface area contributed by atoms with Gasteiger partial charge in [0, 0.05) is 0 Å². The van der Waals surface area contributed by atoms with Crippen LogP contribution in [0.1, 0.15) is 15.9 Å². The molecular weight excluding hydrogens is 308 g/mol. The fraction of sp³-hybridized carbons (Fsp3) is 0.176. The molecule has 0 aliphatic heterocycles. The fourth-order valence-electron chi connectivity index (χ4n) is 2.12. The van der Waals surface area contributed by atoms with Crippen LogP contribution in [0.25, 0.3) is 5.69 Å². The Morgan fingerprint density at radius 2 is 1.88 bits per heavy atom. The number of nitrogens with zero attached hydrogens (tertiary/aromatic N) is 4. The molecule has 0 bridgehead atoms.